The second-order valence-corrected chi connectivity index (χ2v) is 2.50. The van der Waals surface area contributed by atoms with Crippen LogP contribution < -0.4 is 5.32 Å². The summed E-state index contributed by atoms with van der Waals surface area (Å²) in [5.41, 5.74) is 0. The van der Waals surface area contributed by atoms with Crippen LogP contribution in [-0.4, -0.2) is 25.2 Å². The van der Waals surface area contributed by atoms with Gasteiger partial charge in [-0.25, -0.2) is 0 Å². The van der Waals surface area contributed by atoms with Crippen molar-refractivity contribution in [1.82, 2.24) is 5.32 Å². The SMILES string of the molecule is CC.CNC(C)C(=O)OC(C)C. The Morgan fingerprint density at radius 1 is 1.25 bits per heavy atom. The van der Waals surface area contributed by atoms with Crippen molar-refractivity contribution in [2.75, 3.05) is 7.05 Å². The van der Waals surface area contributed by atoms with Crippen LogP contribution in [0, 0.1) is 0 Å². The van der Waals surface area contributed by atoms with Crippen molar-refractivity contribution < 1.29 is 9.53 Å². The molecule has 0 heterocycles. The van der Waals surface area contributed by atoms with Crippen molar-refractivity contribution in [1.29, 1.82) is 0 Å². The molecular formula is C9H21NO2. The summed E-state index contributed by atoms with van der Waals surface area (Å²) < 4.78 is 4.90. The lowest BCUT2D eigenvalue weighted by Crippen LogP contribution is -2.33. The van der Waals surface area contributed by atoms with E-state index in [2.05, 4.69) is 5.32 Å². The Balaban J connectivity index is 0. The molecule has 0 saturated heterocycles. The van der Waals surface area contributed by atoms with Gasteiger partial charge in [-0.15, -0.1) is 0 Å². The minimum Gasteiger partial charge on any atom is -0.462 e. The fourth-order valence-corrected chi connectivity index (χ4v) is 0.452. The molecule has 0 aromatic carbocycles. The zero-order valence-electron chi connectivity index (χ0n) is 8.97. The molecule has 3 nitrogen and oxygen atoms in total. The highest BCUT2D eigenvalue weighted by Gasteiger charge is 2.12. The summed E-state index contributed by atoms with van der Waals surface area (Å²) in [6.45, 7) is 9.44. The lowest BCUT2D eigenvalue weighted by Gasteiger charge is -2.12. The van der Waals surface area contributed by atoms with Crippen LogP contribution in [0.1, 0.15) is 34.6 Å². The van der Waals surface area contributed by atoms with Crippen LogP contribution in [0.15, 0.2) is 0 Å². The van der Waals surface area contributed by atoms with Crippen molar-refractivity contribution in [3.05, 3.63) is 0 Å². The largest absolute Gasteiger partial charge is 0.462 e. The summed E-state index contributed by atoms with van der Waals surface area (Å²) in [6, 6.07) is -0.206. The summed E-state index contributed by atoms with van der Waals surface area (Å²) in [5, 5.41) is 2.80. The van der Waals surface area contributed by atoms with Gasteiger partial charge in [0.1, 0.15) is 6.04 Å². The van der Waals surface area contributed by atoms with E-state index in [1.807, 2.05) is 27.7 Å². The number of nitrogens with one attached hydrogen (secondary N) is 1. The van der Waals surface area contributed by atoms with E-state index in [-0.39, 0.29) is 18.1 Å². The Hall–Kier alpha value is -0.570. The second kappa shape index (κ2) is 8.53. The number of hydrogen-bond acceptors (Lipinski definition) is 3. The Kier molecular flexibility index (Phi) is 9.93. The Morgan fingerprint density at radius 3 is 1.92 bits per heavy atom. The zero-order valence-corrected chi connectivity index (χ0v) is 8.97. The van der Waals surface area contributed by atoms with Crippen molar-refractivity contribution in [3.8, 4) is 0 Å². The minimum absolute atomic E-state index is 0.0247. The summed E-state index contributed by atoms with van der Waals surface area (Å²) >= 11 is 0. The van der Waals surface area contributed by atoms with Gasteiger partial charge in [0.15, 0.2) is 0 Å². The average molecular weight is 175 g/mol. The molecular weight excluding hydrogens is 154 g/mol. The molecule has 0 aliphatic carbocycles. The van der Waals surface area contributed by atoms with Crippen LogP contribution in [0.5, 0.6) is 0 Å². The number of rotatable bonds is 3. The van der Waals surface area contributed by atoms with Gasteiger partial charge < -0.3 is 10.1 Å². The standard InChI is InChI=1S/C7H15NO2.C2H6/c1-5(2)10-7(9)6(3)8-4;1-2/h5-6,8H,1-4H3;1-2H3. The quantitative estimate of drug-likeness (QED) is 0.662. The molecule has 74 valence electrons. The molecule has 0 aliphatic heterocycles. The molecule has 0 radical (unpaired) electrons. The van der Waals surface area contributed by atoms with E-state index in [1.54, 1.807) is 14.0 Å². The van der Waals surface area contributed by atoms with Crippen molar-refractivity contribution in [2.24, 2.45) is 0 Å². The van der Waals surface area contributed by atoms with E-state index >= 15 is 0 Å². The van der Waals surface area contributed by atoms with E-state index in [9.17, 15) is 4.79 Å². The van der Waals surface area contributed by atoms with Crippen LogP contribution in [0.4, 0.5) is 0 Å². The molecule has 0 amide bonds. The van der Waals surface area contributed by atoms with E-state index in [0.717, 1.165) is 0 Å². The molecule has 3 heteroatoms. The first kappa shape index (κ1) is 14.0. The Morgan fingerprint density at radius 2 is 1.67 bits per heavy atom. The van der Waals surface area contributed by atoms with E-state index in [1.165, 1.54) is 0 Å². The Labute approximate surface area is 75.5 Å². The topological polar surface area (TPSA) is 38.3 Å². The molecule has 0 aromatic heterocycles. The van der Waals surface area contributed by atoms with E-state index < -0.39 is 0 Å². The van der Waals surface area contributed by atoms with Crippen LogP contribution in [0.2, 0.25) is 0 Å². The molecule has 0 rings (SSSR count). The molecule has 0 fully saturated rings. The second-order valence-electron chi connectivity index (χ2n) is 2.50. The molecule has 1 unspecified atom stereocenters. The summed E-state index contributed by atoms with van der Waals surface area (Å²) in [7, 11) is 1.73. The molecule has 0 bridgehead atoms. The summed E-state index contributed by atoms with van der Waals surface area (Å²) in [6.07, 6.45) is -0.0247. The molecule has 12 heavy (non-hydrogen) atoms. The van der Waals surface area contributed by atoms with Gasteiger partial charge in [0.05, 0.1) is 6.10 Å². The van der Waals surface area contributed by atoms with E-state index in [0.29, 0.717) is 0 Å². The van der Waals surface area contributed by atoms with E-state index in [4.69, 9.17) is 4.74 Å². The van der Waals surface area contributed by atoms with Crippen LogP contribution in [0.25, 0.3) is 0 Å². The maximum absolute atomic E-state index is 10.9. The third-order valence-electron chi connectivity index (χ3n) is 1.14. The third-order valence-corrected chi connectivity index (χ3v) is 1.14. The number of ether oxygens (including phenoxy) is 1. The van der Waals surface area contributed by atoms with Crippen LogP contribution in [0.3, 0.4) is 0 Å². The molecule has 1 atom stereocenters. The van der Waals surface area contributed by atoms with Gasteiger partial charge in [0, 0.05) is 0 Å². The highest BCUT2D eigenvalue weighted by Crippen LogP contribution is 1.92. The fraction of sp³-hybridized carbons (Fsp3) is 0.889. The Bertz CT molecular complexity index is 113. The number of likely N-dealkylation sites (N-methyl/N-ethyl adjacent to an activating group) is 1. The predicted molar refractivity (Wildman–Crippen MR) is 51.1 cm³/mol. The van der Waals surface area contributed by atoms with Gasteiger partial charge >= 0.3 is 5.97 Å². The van der Waals surface area contributed by atoms with Gasteiger partial charge in [-0.1, -0.05) is 13.8 Å². The fourth-order valence-electron chi connectivity index (χ4n) is 0.452. The minimum atomic E-state index is -0.206. The number of esters is 1. The molecule has 0 saturated carbocycles. The number of carbonyl (C=O) groups is 1. The normalized spacial score (nSPS) is 11.6. The molecule has 0 aliphatic rings. The van der Waals surface area contributed by atoms with Crippen LogP contribution >= 0.6 is 0 Å². The maximum Gasteiger partial charge on any atom is 0.323 e. The lowest BCUT2D eigenvalue weighted by molar-refractivity contribution is -0.149. The molecule has 1 N–H and O–H groups in total. The monoisotopic (exact) mass is 175 g/mol. The maximum atomic E-state index is 10.9. The van der Waals surface area contributed by atoms with Gasteiger partial charge in [0.25, 0.3) is 0 Å². The summed E-state index contributed by atoms with van der Waals surface area (Å²) in [4.78, 5) is 10.9. The van der Waals surface area contributed by atoms with Crippen molar-refractivity contribution in [3.63, 3.8) is 0 Å². The molecule has 0 aromatic rings. The zero-order chi connectivity index (χ0) is 10.1. The van der Waals surface area contributed by atoms with Crippen molar-refractivity contribution >= 4 is 5.97 Å². The van der Waals surface area contributed by atoms with Gasteiger partial charge in [-0.3, -0.25) is 4.79 Å². The highest BCUT2D eigenvalue weighted by atomic mass is 16.5. The summed E-state index contributed by atoms with van der Waals surface area (Å²) in [5.74, 6) is -0.197. The first-order valence-corrected chi connectivity index (χ1v) is 4.45. The van der Waals surface area contributed by atoms with Gasteiger partial charge in [-0.2, -0.15) is 0 Å². The number of carbonyl (C=O) groups excluding carboxylic acids is 1. The number of hydrogen-bond donors (Lipinski definition) is 1. The van der Waals surface area contributed by atoms with Gasteiger partial charge in [-0.05, 0) is 27.8 Å². The smallest absolute Gasteiger partial charge is 0.323 e. The van der Waals surface area contributed by atoms with Gasteiger partial charge in [0.2, 0.25) is 0 Å². The van der Waals surface area contributed by atoms with Crippen molar-refractivity contribution in [2.45, 2.75) is 46.8 Å². The highest BCUT2D eigenvalue weighted by molar-refractivity contribution is 5.75. The first-order valence-electron chi connectivity index (χ1n) is 4.45. The average Bonchev–Trinajstić information content (AvgIpc) is 2.05. The van der Waals surface area contributed by atoms with Crippen LogP contribution in [-0.2, 0) is 9.53 Å². The molecule has 0 spiro atoms. The first-order chi connectivity index (χ1) is 5.57. The predicted octanol–water partition coefficient (Wildman–Crippen LogP) is 1.57. The lowest BCUT2D eigenvalue weighted by atomic mass is 10.3. The third kappa shape index (κ3) is 7.54.